The molecule has 76 valence electrons. The van der Waals surface area contributed by atoms with Crippen molar-refractivity contribution in [2.45, 2.75) is 19.1 Å². The normalized spacial score (nSPS) is 17.5. The fraction of sp³-hybridized carbons (Fsp3) is 0.455. The van der Waals surface area contributed by atoms with Crippen molar-refractivity contribution in [2.24, 2.45) is 0 Å². The average molecular weight is 208 g/mol. The molecule has 0 unspecified atom stereocenters. The Morgan fingerprint density at radius 3 is 2.86 bits per heavy atom. The van der Waals surface area contributed by atoms with Gasteiger partial charge in [0.25, 0.3) is 0 Å². The Labute approximate surface area is 87.2 Å². The Balaban J connectivity index is 1.76. The highest BCUT2D eigenvalue weighted by Gasteiger charge is 2.18. The molecule has 2 nitrogen and oxygen atoms in total. The first-order valence-corrected chi connectivity index (χ1v) is 6.45. The number of benzene rings is 1. The molecule has 1 aromatic carbocycles. The standard InChI is InChI=1S/C11H16O2Si/c1-9-4-2-3-5-10(9)6-13-14-11-7-12-8-11/h2-5,11H,6-8,14H2,1H3. The summed E-state index contributed by atoms with van der Waals surface area (Å²) in [7, 11) is -0.362. The van der Waals surface area contributed by atoms with Gasteiger partial charge in [0.2, 0.25) is 0 Å². The van der Waals surface area contributed by atoms with Crippen molar-refractivity contribution in [1.29, 1.82) is 0 Å². The minimum Gasteiger partial charge on any atom is -0.419 e. The van der Waals surface area contributed by atoms with Crippen LogP contribution in [0.25, 0.3) is 0 Å². The van der Waals surface area contributed by atoms with Gasteiger partial charge in [0, 0.05) is 5.54 Å². The first-order valence-electron chi connectivity index (χ1n) is 5.06. The van der Waals surface area contributed by atoms with Crippen LogP contribution in [-0.2, 0) is 15.8 Å². The van der Waals surface area contributed by atoms with Crippen LogP contribution in [0, 0.1) is 6.92 Å². The fourth-order valence-electron chi connectivity index (χ4n) is 1.49. The van der Waals surface area contributed by atoms with Gasteiger partial charge in [-0.2, -0.15) is 0 Å². The van der Waals surface area contributed by atoms with Gasteiger partial charge in [-0.3, -0.25) is 0 Å². The van der Waals surface area contributed by atoms with Crippen LogP contribution in [0.3, 0.4) is 0 Å². The highest BCUT2D eigenvalue weighted by atomic mass is 28.2. The van der Waals surface area contributed by atoms with Crippen molar-refractivity contribution in [3.05, 3.63) is 35.4 Å². The summed E-state index contributed by atoms with van der Waals surface area (Å²) in [4.78, 5) is 0. The van der Waals surface area contributed by atoms with E-state index in [1.165, 1.54) is 11.1 Å². The zero-order valence-corrected chi connectivity index (χ0v) is 9.95. The SMILES string of the molecule is Cc1ccccc1CO[SiH2]C1COC1. The predicted molar refractivity (Wildman–Crippen MR) is 59.1 cm³/mol. The molecule has 1 fully saturated rings. The molecule has 14 heavy (non-hydrogen) atoms. The molecule has 0 spiro atoms. The summed E-state index contributed by atoms with van der Waals surface area (Å²) in [5.41, 5.74) is 3.41. The van der Waals surface area contributed by atoms with Crippen molar-refractivity contribution in [1.82, 2.24) is 0 Å². The molecule has 0 saturated carbocycles. The summed E-state index contributed by atoms with van der Waals surface area (Å²) in [6, 6.07) is 8.41. The highest BCUT2D eigenvalue weighted by molar-refractivity contribution is 6.30. The van der Waals surface area contributed by atoms with Gasteiger partial charge in [-0.15, -0.1) is 0 Å². The van der Waals surface area contributed by atoms with Crippen LogP contribution in [0.1, 0.15) is 11.1 Å². The van der Waals surface area contributed by atoms with Gasteiger partial charge < -0.3 is 9.16 Å². The van der Waals surface area contributed by atoms with E-state index in [1.807, 2.05) is 0 Å². The fourth-order valence-corrected chi connectivity index (χ4v) is 2.69. The zero-order chi connectivity index (χ0) is 9.80. The number of ether oxygens (including phenoxy) is 1. The minimum absolute atomic E-state index is 0.362. The van der Waals surface area contributed by atoms with Crippen LogP contribution in [0.2, 0.25) is 5.54 Å². The number of aryl methyl sites for hydroxylation is 1. The minimum atomic E-state index is -0.362. The van der Waals surface area contributed by atoms with Crippen LogP contribution in [0.5, 0.6) is 0 Å². The van der Waals surface area contributed by atoms with Crippen molar-refractivity contribution in [3.63, 3.8) is 0 Å². The third-order valence-electron chi connectivity index (χ3n) is 2.58. The molecule has 2 rings (SSSR count). The van der Waals surface area contributed by atoms with Crippen LogP contribution < -0.4 is 0 Å². The third-order valence-corrected chi connectivity index (χ3v) is 3.96. The van der Waals surface area contributed by atoms with Gasteiger partial charge in [-0.25, -0.2) is 0 Å². The van der Waals surface area contributed by atoms with Crippen molar-refractivity contribution < 1.29 is 9.16 Å². The second kappa shape index (κ2) is 4.73. The topological polar surface area (TPSA) is 18.5 Å². The quantitative estimate of drug-likeness (QED) is 0.697. The van der Waals surface area contributed by atoms with Gasteiger partial charge in [0.15, 0.2) is 9.76 Å². The van der Waals surface area contributed by atoms with Gasteiger partial charge in [0.1, 0.15) is 0 Å². The summed E-state index contributed by atoms with van der Waals surface area (Å²) >= 11 is 0. The molecule has 0 aromatic heterocycles. The summed E-state index contributed by atoms with van der Waals surface area (Å²) in [5.74, 6) is 0. The Hall–Kier alpha value is -0.643. The Morgan fingerprint density at radius 2 is 2.21 bits per heavy atom. The molecule has 1 aromatic rings. The van der Waals surface area contributed by atoms with E-state index in [4.69, 9.17) is 9.16 Å². The molecule has 0 radical (unpaired) electrons. The monoisotopic (exact) mass is 208 g/mol. The van der Waals surface area contributed by atoms with Crippen molar-refractivity contribution in [3.8, 4) is 0 Å². The summed E-state index contributed by atoms with van der Waals surface area (Å²) in [6.45, 7) is 4.78. The summed E-state index contributed by atoms with van der Waals surface area (Å²) in [6.07, 6.45) is 0. The predicted octanol–water partition coefficient (Wildman–Crippen LogP) is 1.41. The molecule has 1 aliphatic heterocycles. The highest BCUT2D eigenvalue weighted by Crippen LogP contribution is 2.16. The summed E-state index contributed by atoms with van der Waals surface area (Å²) < 4.78 is 10.9. The Kier molecular flexibility index (Phi) is 3.34. The number of hydrogen-bond donors (Lipinski definition) is 0. The second-order valence-corrected chi connectivity index (χ2v) is 5.74. The lowest BCUT2D eigenvalue weighted by Gasteiger charge is -2.25. The lowest BCUT2D eigenvalue weighted by molar-refractivity contribution is 0.0305. The molecule has 0 aliphatic carbocycles. The van der Waals surface area contributed by atoms with Crippen LogP contribution >= 0.6 is 0 Å². The molecule has 1 heterocycles. The molecule has 0 atom stereocenters. The Bertz CT molecular complexity index is 297. The first-order chi connectivity index (χ1) is 6.86. The largest absolute Gasteiger partial charge is 0.419 e. The lowest BCUT2D eigenvalue weighted by Crippen LogP contribution is -2.28. The smallest absolute Gasteiger partial charge is 0.169 e. The van der Waals surface area contributed by atoms with Gasteiger partial charge >= 0.3 is 0 Å². The van der Waals surface area contributed by atoms with Gasteiger partial charge in [-0.1, -0.05) is 24.3 Å². The van der Waals surface area contributed by atoms with Crippen LogP contribution in [0.4, 0.5) is 0 Å². The molecule has 0 N–H and O–H groups in total. The first kappa shape index (κ1) is 9.89. The average Bonchev–Trinajstić information content (AvgIpc) is 2.12. The van der Waals surface area contributed by atoms with Crippen LogP contribution in [-0.4, -0.2) is 23.0 Å². The van der Waals surface area contributed by atoms with Crippen LogP contribution in [0.15, 0.2) is 24.3 Å². The van der Waals surface area contributed by atoms with E-state index in [1.54, 1.807) is 0 Å². The lowest BCUT2D eigenvalue weighted by atomic mass is 10.1. The Morgan fingerprint density at radius 1 is 1.43 bits per heavy atom. The van der Waals surface area contributed by atoms with E-state index in [-0.39, 0.29) is 9.76 Å². The second-order valence-electron chi connectivity index (χ2n) is 3.85. The number of rotatable bonds is 4. The van der Waals surface area contributed by atoms with Gasteiger partial charge in [0.05, 0.1) is 19.8 Å². The maximum Gasteiger partial charge on any atom is 0.169 e. The molecule has 0 bridgehead atoms. The van der Waals surface area contributed by atoms with E-state index < -0.39 is 0 Å². The summed E-state index contributed by atoms with van der Waals surface area (Å²) in [5, 5.41) is 0. The molecular weight excluding hydrogens is 192 g/mol. The molecule has 1 aliphatic rings. The molecule has 3 heteroatoms. The molecule has 0 amide bonds. The van der Waals surface area contributed by atoms with E-state index in [0.717, 1.165) is 25.4 Å². The third kappa shape index (κ3) is 2.44. The van der Waals surface area contributed by atoms with Crippen molar-refractivity contribution >= 4 is 9.76 Å². The van der Waals surface area contributed by atoms with E-state index in [9.17, 15) is 0 Å². The van der Waals surface area contributed by atoms with E-state index in [2.05, 4.69) is 31.2 Å². The molecule has 1 saturated heterocycles. The maximum absolute atomic E-state index is 5.76. The maximum atomic E-state index is 5.76. The molecular formula is C11H16O2Si. The van der Waals surface area contributed by atoms with E-state index in [0.29, 0.717) is 0 Å². The zero-order valence-electron chi connectivity index (χ0n) is 8.53. The number of hydrogen-bond acceptors (Lipinski definition) is 2. The van der Waals surface area contributed by atoms with Crippen molar-refractivity contribution in [2.75, 3.05) is 13.2 Å². The van der Waals surface area contributed by atoms with Gasteiger partial charge in [-0.05, 0) is 18.1 Å². The van der Waals surface area contributed by atoms with E-state index >= 15 is 0 Å².